The lowest BCUT2D eigenvalue weighted by molar-refractivity contribution is -0.107. The van der Waals surface area contributed by atoms with E-state index in [-0.39, 0.29) is 5.91 Å². The molecule has 4 rings (SSSR count). The summed E-state index contributed by atoms with van der Waals surface area (Å²) >= 11 is 6.24. The van der Waals surface area contributed by atoms with Gasteiger partial charge in [-0.2, -0.15) is 0 Å². The van der Waals surface area contributed by atoms with Crippen LogP contribution in [0.15, 0.2) is 66.7 Å². The summed E-state index contributed by atoms with van der Waals surface area (Å²) in [5, 5.41) is 4.39. The number of benzene rings is 3. The van der Waals surface area contributed by atoms with Crippen LogP contribution >= 0.6 is 11.6 Å². The molecule has 0 unspecified atom stereocenters. The average Bonchev–Trinajstić information content (AvgIpc) is 3.07. The molecule has 1 amide bonds. The Bertz CT molecular complexity index is 1280. The lowest BCUT2D eigenvalue weighted by Gasteiger charge is -2.10. The van der Waals surface area contributed by atoms with Crippen molar-refractivity contribution in [2.24, 2.45) is 7.05 Å². The smallest absolute Gasteiger partial charge is 0.272 e. The van der Waals surface area contributed by atoms with E-state index in [0.717, 1.165) is 28.3 Å². The molecule has 4 aromatic rings. The van der Waals surface area contributed by atoms with Crippen LogP contribution in [0.25, 0.3) is 10.9 Å². The fraction of sp³-hybridized carbons (Fsp3) is 0.120. The number of ether oxygens (including phenoxy) is 1. The van der Waals surface area contributed by atoms with E-state index in [1.54, 1.807) is 42.5 Å². The molecule has 6 heteroatoms. The van der Waals surface area contributed by atoms with Crippen molar-refractivity contribution in [3.8, 4) is 11.5 Å². The quantitative estimate of drug-likeness (QED) is 0.384. The van der Waals surface area contributed by atoms with Gasteiger partial charge in [0.25, 0.3) is 5.91 Å². The Kier molecular flexibility index (Phi) is 5.78. The van der Waals surface area contributed by atoms with Gasteiger partial charge in [0.2, 0.25) is 0 Å². The number of fused-ring (bicyclic) bond motifs is 1. The first-order chi connectivity index (χ1) is 14.9. The van der Waals surface area contributed by atoms with Crippen molar-refractivity contribution in [2.45, 2.75) is 13.3 Å². The van der Waals surface area contributed by atoms with Gasteiger partial charge in [-0.05, 0) is 67.1 Å². The van der Waals surface area contributed by atoms with Gasteiger partial charge in [0.05, 0.1) is 5.02 Å². The van der Waals surface area contributed by atoms with Crippen LogP contribution in [0.3, 0.4) is 0 Å². The molecule has 0 saturated carbocycles. The second-order valence-electron chi connectivity index (χ2n) is 7.37. The summed E-state index contributed by atoms with van der Waals surface area (Å²) in [5.74, 6) is 0.904. The first kappa shape index (κ1) is 20.7. The molecule has 0 aliphatic rings. The van der Waals surface area contributed by atoms with Gasteiger partial charge >= 0.3 is 0 Å². The van der Waals surface area contributed by atoms with Gasteiger partial charge < -0.3 is 19.4 Å². The van der Waals surface area contributed by atoms with Crippen LogP contribution < -0.4 is 10.1 Å². The third kappa shape index (κ3) is 4.47. The highest BCUT2D eigenvalue weighted by molar-refractivity contribution is 6.32. The zero-order chi connectivity index (χ0) is 22.0. The number of aromatic nitrogens is 1. The van der Waals surface area contributed by atoms with Crippen molar-refractivity contribution in [1.29, 1.82) is 0 Å². The third-order valence-corrected chi connectivity index (χ3v) is 5.38. The maximum absolute atomic E-state index is 12.8. The number of rotatable bonds is 6. The number of amides is 1. The minimum Gasteiger partial charge on any atom is -0.456 e. The number of carbonyl (C=O) groups is 2. The van der Waals surface area contributed by atoms with E-state index in [1.807, 2.05) is 36.7 Å². The first-order valence-electron chi connectivity index (χ1n) is 9.82. The van der Waals surface area contributed by atoms with Crippen molar-refractivity contribution >= 4 is 40.4 Å². The van der Waals surface area contributed by atoms with Crippen molar-refractivity contribution in [3.63, 3.8) is 0 Å². The summed E-state index contributed by atoms with van der Waals surface area (Å²) in [4.78, 5) is 23.4. The lowest BCUT2D eigenvalue weighted by atomic mass is 10.1. The summed E-state index contributed by atoms with van der Waals surface area (Å²) in [6.45, 7) is 2.03. The molecule has 0 saturated heterocycles. The fourth-order valence-electron chi connectivity index (χ4n) is 3.47. The molecule has 0 fully saturated rings. The van der Waals surface area contributed by atoms with Crippen molar-refractivity contribution in [2.75, 3.05) is 5.32 Å². The Morgan fingerprint density at radius 1 is 1.06 bits per heavy atom. The Morgan fingerprint density at radius 2 is 1.84 bits per heavy atom. The molecule has 0 spiro atoms. The van der Waals surface area contributed by atoms with Gasteiger partial charge in [0.1, 0.15) is 23.5 Å². The molecule has 0 bridgehead atoms. The van der Waals surface area contributed by atoms with Gasteiger partial charge in [-0.3, -0.25) is 4.79 Å². The molecular formula is C25H21ClN2O3. The van der Waals surface area contributed by atoms with Crippen LogP contribution in [0.2, 0.25) is 5.02 Å². The summed E-state index contributed by atoms with van der Waals surface area (Å²) in [5.41, 5.74) is 4.23. The van der Waals surface area contributed by atoms with E-state index >= 15 is 0 Å². The van der Waals surface area contributed by atoms with Crippen LogP contribution in [0.4, 0.5) is 5.69 Å². The molecule has 0 radical (unpaired) electrons. The minimum atomic E-state index is -0.182. The summed E-state index contributed by atoms with van der Waals surface area (Å²) in [6.07, 6.45) is 1.14. The zero-order valence-corrected chi connectivity index (χ0v) is 17.9. The fourth-order valence-corrected chi connectivity index (χ4v) is 3.71. The molecule has 0 aliphatic carbocycles. The highest BCUT2D eigenvalue weighted by atomic mass is 35.5. The Morgan fingerprint density at radius 3 is 2.55 bits per heavy atom. The number of nitrogens with zero attached hydrogens (tertiary/aromatic N) is 1. The van der Waals surface area contributed by atoms with E-state index in [9.17, 15) is 9.59 Å². The summed E-state index contributed by atoms with van der Waals surface area (Å²) < 4.78 is 7.71. The monoisotopic (exact) mass is 432 g/mol. The molecule has 1 N–H and O–H groups in total. The van der Waals surface area contributed by atoms with Gasteiger partial charge in [0, 0.05) is 30.1 Å². The predicted octanol–water partition coefficient (Wildman–Crippen LogP) is 5.93. The molecule has 5 nitrogen and oxygen atoms in total. The molecular weight excluding hydrogens is 412 g/mol. The summed E-state index contributed by atoms with van der Waals surface area (Å²) in [6, 6.07) is 20.3. The third-order valence-electron chi connectivity index (χ3n) is 5.09. The van der Waals surface area contributed by atoms with Crippen molar-refractivity contribution < 1.29 is 14.3 Å². The number of aldehydes is 1. The maximum atomic E-state index is 12.8. The number of hydrogen-bond acceptors (Lipinski definition) is 3. The molecule has 3 aromatic carbocycles. The van der Waals surface area contributed by atoms with E-state index < -0.39 is 0 Å². The largest absolute Gasteiger partial charge is 0.456 e. The standard InChI is InChI=1S/C25H21ClN2O3/c1-16-3-9-22-18(13-16)15-23(28(22)2)25(30)27-19-5-7-20(8-6-19)31-24-10-4-17(11-12-29)14-21(24)26/h3-10,12-15H,11H2,1-2H3,(H,27,30). The van der Waals surface area contributed by atoms with Crippen LogP contribution in [0.1, 0.15) is 21.6 Å². The zero-order valence-electron chi connectivity index (χ0n) is 17.2. The Labute approximate surface area is 185 Å². The molecule has 156 valence electrons. The number of hydrogen-bond donors (Lipinski definition) is 1. The molecule has 0 aliphatic heterocycles. The number of carbonyl (C=O) groups excluding carboxylic acids is 2. The highest BCUT2D eigenvalue weighted by Crippen LogP contribution is 2.31. The lowest BCUT2D eigenvalue weighted by Crippen LogP contribution is -2.15. The second-order valence-corrected chi connectivity index (χ2v) is 7.77. The molecule has 31 heavy (non-hydrogen) atoms. The topological polar surface area (TPSA) is 60.3 Å². The number of anilines is 1. The summed E-state index contributed by atoms with van der Waals surface area (Å²) in [7, 11) is 1.88. The number of nitrogens with one attached hydrogen (secondary N) is 1. The van der Waals surface area contributed by atoms with Crippen LogP contribution in [-0.2, 0) is 18.3 Å². The minimum absolute atomic E-state index is 0.182. The van der Waals surface area contributed by atoms with Crippen LogP contribution in [0, 0.1) is 6.92 Å². The maximum Gasteiger partial charge on any atom is 0.272 e. The van der Waals surface area contributed by atoms with Gasteiger partial charge in [-0.1, -0.05) is 29.3 Å². The SMILES string of the molecule is Cc1ccc2c(c1)cc(C(=O)Nc1ccc(Oc3ccc(CC=O)cc3Cl)cc1)n2C. The van der Waals surface area contributed by atoms with Gasteiger partial charge in [-0.25, -0.2) is 0 Å². The highest BCUT2D eigenvalue weighted by Gasteiger charge is 2.14. The predicted molar refractivity (Wildman–Crippen MR) is 123 cm³/mol. The van der Waals surface area contributed by atoms with E-state index in [4.69, 9.17) is 16.3 Å². The molecule has 0 atom stereocenters. The first-order valence-corrected chi connectivity index (χ1v) is 10.2. The number of halogens is 1. The average molecular weight is 433 g/mol. The molecule has 1 heterocycles. The Hall–Kier alpha value is -3.57. The second kappa shape index (κ2) is 8.66. The molecule has 1 aromatic heterocycles. The van der Waals surface area contributed by atoms with E-state index in [0.29, 0.717) is 34.3 Å². The van der Waals surface area contributed by atoms with E-state index in [2.05, 4.69) is 11.4 Å². The number of aryl methyl sites for hydroxylation is 2. The van der Waals surface area contributed by atoms with E-state index in [1.165, 1.54) is 0 Å². The van der Waals surface area contributed by atoms with Crippen LogP contribution in [-0.4, -0.2) is 16.8 Å². The van der Waals surface area contributed by atoms with Crippen LogP contribution in [0.5, 0.6) is 11.5 Å². The normalized spacial score (nSPS) is 10.8. The van der Waals surface area contributed by atoms with Gasteiger partial charge in [-0.15, -0.1) is 0 Å². The van der Waals surface area contributed by atoms with Gasteiger partial charge in [0.15, 0.2) is 0 Å². The van der Waals surface area contributed by atoms with Crippen molar-refractivity contribution in [1.82, 2.24) is 4.57 Å². The van der Waals surface area contributed by atoms with Crippen molar-refractivity contribution in [3.05, 3.63) is 88.6 Å². The Balaban J connectivity index is 1.47.